The van der Waals surface area contributed by atoms with Gasteiger partial charge in [-0.2, -0.15) is 0 Å². The Morgan fingerprint density at radius 3 is 1.57 bits per heavy atom. The van der Waals surface area contributed by atoms with Crippen LogP contribution in [0.15, 0.2) is 48.5 Å². The van der Waals surface area contributed by atoms with Gasteiger partial charge in [0.25, 0.3) is 0 Å². The number of rotatable bonds is 2. The topological polar surface area (TPSA) is 91.8 Å². The van der Waals surface area contributed by atoms with Crippen molar-refractivity contribution in [3.05, 3.63) is 48.5 Å². The third-order valence-corrected chi connectivity index (χ3v) is 2.15. The van der Waals surface area contributed by atoms with E-state index in [9.17, 15) is 5.11 Å². The molecular formula is C14H16Na2O5. The van der Waals surface area contributed by atoms with E-state index in [1.54, 1.807) is 42.5 Å². The number of benzene rings is 2. The van der Waals surface area contributed by atoms with E-state index < -0.39 is 0 Å². The van der Waals surface area contributed by atoms with Gasteiger partial charge in [-0.05, 0) is 18.2 Å². The van der Waals surface area contributed by atoms with Crippen molar-refractivity contribution in [2.24, 2.45) is 0 Å². The molecule has 0 aliphatic carbocycles. The summed E-state index contributed by atoms with van der Waals surface area (Å²) < 4.78 is 9.53. The summed E-state index contributed by atoms with van der Waals surface area (Å²) in [6.07, 6.45) is 0. The van der Waals surface area contributed by atoms with Crippen molar-refractivity contribution < 1.29 is 84.3 Å². The molecule has 0 saturated heterocycles. The molecule has 0 aliphatic rings. The van der Waals surface area contributed by atoms with Crippen LogP contribution in [0.2, 0.25) is 0 Å². The molecule has 0 heterocycles. The van der Waals surface area contributed by atoms with Crippen LogP contribution in [0.4, 0.5) is 0 Å². The Kier molecular flexibility index (Phi) is 17.7. The minimum atomic E-state index is -0.0694. The summed E-state index contributed by atoms with van der Waals surface area (Å²) in [5.41, 5.74) is 0. The Morgan fingerprint density at radius 2 is 1.24 bits per heavy atom. The Morgan fingerprint density at radius 1 is 0.810 bits per heavy atom. The Labute approximate surface area is 168 Å². The molecule has 21 heavy (non-hydrogen) atoms. The zero-order valence-corrected chi connectivity index (χ0v) is 16.7. The number of para-hydroxylation sites is 4. The second kappa shape index (κ2) is 14.5. The number of phenolic OH excluding ortho intramolecular Hbond substituents is 1. The van der Waals surface area contributed by atoms with Crippen LogP contribution in [-0.2, 0) is 0 Å². The fourth-order valence-electron chi connectivity index (χ4n) is 1.25. The van der Waals surface area contributed by atoms with Crippen molar-refractivity contribution in [3.63, 3.8) is 0 Å². The van der Waals surface area contributed by atoms with Crippen LogP contribution in [0.3, 0.4) is 0 Å². The van der Waals surface area contributed by atoms with Gasteiger partial charge in [0.2, 0.25) is 0 Å². The monoisotopic (exact) mass is 310 g/mol. The van der Waals surface area contributed by atoms with Gasteiger partial charge in [0.15, 0.2) is 11.5 Å². The maximum atomic E-state index is 10.7. The maximum Gasteiger partial charge on any atom is 1.00 e. The number of aromatic hydroxyl groups is 1. The molecular weight excluding hydrogens is 294 g/mol. The van der Waals surface area contributed by atoms with Gasteiger partial charge >= 0.3 is 59.1 Å². The number of phenols is 1. The first-order valence-electron chi connectivity index (χ1n) is 5.31. The quantitative estimate of drug-likeness (QED) is 0.571. The van der Waals surface area contributed by atoms with Crippen LogP contribution in [-0.4, -0.2) is 24.8 Å². The van der Waals surface area contributed by atoms with E-state index in [0.29, 0.717) is 11.5 Å². The van der Waals surface area contributed by atoms with E-state index in [0.717, 1.165) is 0 Å². The molecule has 0 saturated carbocycles. The predicted molar refractivity (Wildman–Crippen MR) is 69.0 cm³/mol. The molecule has 0 fully saturated rings. The fourth-order valence-corrected chi connectivity index (χ4v) is 1.25. The summed E-state index contributed by atoms with van der Waals surface area (Å²) in [5, 5.41) is 19.7. The average molecular weight is 310 g/mol. The van der Waals surface area contributed by atoms with E-state index in [1.807, 2.05) is 0 Å². The first kappa shape index (κ1) is 25.5. The van der Waals surface area contributed by atoms with Crippen molar-refractivity contribution in [2.75, 3.05) is 14.2 Å². The zero-order valence-electron chi connectivity index (χ0n) is 12.7. The standard InChI is InChI=1S/2C7H8O2.2Na.H2O/c2*1-9-7-5-3-2-4-6(7)8;;;/h2*2-5,8H,1H3;;;1H2/q;;2*+1;/p-2. The van der Waals surface area contributed by atoms with Crippen LogP contribution in [0.5, 0.6) is 23.0 Å². The fraction of sp³-hybridized carbons (Fsp3) is 0.143. The molecule has 0 aliphatic heterocycles. The van der Waals surface area contributed by atoms with E-state index in [-0.39, 0.29) is 76.1 Å². The Hall–Kier alpha value is -0.400. The normalized spacial score (nSPS) is 7.71. The second-order valence-corrected chi connectivity index (χ2v) is 3.32. The number of hydrogen-bond donors (Lipinski definition) is 1. The predicted octanol–water partition coefficient (Wildman–Crippen LogP) is -4.00. The van der Waals surface area contributed by atoms with Crippen molar-refractivity contribution in [1.82, 2.24) is 0 Å². The van der Waals surface area contributed by atoms with E-state index in [1.165, 1.54) is 20.3 Å². The summed E-state index contributed by atoms with van der Waals surface area (Å²) in [6.45, 7) is 0. The van der Waals surface area contributed by atoms with Crippen LogP contribution in [0.25, 0.3) is 0 Å². The SMILES string of the molecule is COc1ccccc1O.COc1ccccc1[O-].[Na+].[Na+].[OH-]. The minimum absolute atomic E-state index is 0. The van der Waals surface area contributed by atoms with Gasteiger partial charge in [-0.15, -0.1) is 0 Å². The first-order chi connectivity index (χ1) is 8.69. The van der Waals surface area contributed by atoms with Crippen LogP contribution in [0, 0.1) is 0 Å². The van der Waals surface area contributed by atoms with Gasteiger partial charge < -0.3 is 25.2 Å². The van der Waals surface area contributed by atoms with Crippen LogP contribution < -0.4 is 73.7 Å². The molecule has 0 unspecified atom stereocenters. The molecule has 104 valence electrons. The molecule has 7 heteroatoms. The van der Waals surface area contributed by atoms with Crippen LogP contribution in [0.1, 0.15) is 0 Å². The molecule has 2 N–H and O–H groups in total. The molecule has 2 rings (SSSR count). The largest absolute Gasteiger partial charge is 1.00 e. The second-order valence-electron chi connectivity index (χ2n) is 3.32. The number of methoxy groups -OCH3 is 2. The molecule has 5 nitrogen and oxygen atoms in total. The number of ether oxygens (including phenoxy) is 2. The average Bonchev–Trinajstić information content (AvgIpc) is 2.41. The summed E-state index contributed by atoms with van der Waals surface area (Å²) in [7, 11) is 3.01. The third kappa shape index (κ3) is 9.26. The van der Waals surface area contributed by atoms with Gasteiger partial charge in [0, 0.05) is 0 Å². The van der Waals surface area contributed by atoms with Crippen molar-refractivity contribution in [2.45, 2.75) is 0 Å². The number of hydrogen-bond acceptors (Lipinski definition) is 5. The van der Waals surface area contributed by atoms with Gasteiger partial charge in [-0.25, -0.2) is 0 Å². The molecule has 0 amide bonds. The smallest absolute Gasteiger partial charge is 0.870 e. The summed E-state index contributed by atoms with van der Waals surface area (Å²) in [5.74, 6) is 1.02. The van der Waals surface area contributed by atoms with Crippen molar-refractivity contribution in [3.8, 4) is 23.0 Å². The summed E-state index contributed by atoms with van der Waals surface area (Å²) in [4.78, 5) is 0. The van der Waals surface area contributed by atoms with Gasteiger partial charge in [0.05, 0.1) is 14.2 Å². The van der Waals surface area contributed by atoms with Gasteiger partial charge in [0.1, 0.15) is 5.75 Å². The third-order valence-electron chi connectivity index (χ3n) is 2.15. The molecule has 0 bridgehead atoms. The minimum Gasteiger partial charge on any atom is -0.870 e. The van der Waals surface area contributed by atoms with Crippen molar-refractivity contribution >= 4 is 0 Å². The van der Waals surface area contributed by atoms with E-state index in [2.05, 4.69) is 0 Å². The van der Waals surface area contributed by atoms with E-state index in [4.69, 9.17) is 14.6 Å². The molecule has 2 aromatic carbocycles. The Bertz CT molecular complexity index is 449. The molecule has 0 spiro atoms. The molecule has 0 atom stereocenters. The first-order valence-corrected chi connectivity index (χ1v) is 5.31. The summed E-state index contributed by atoms with van der Waals surface area (Å²) >= 11 is 0. The van der Waals surface area contributed by atoms with Crippen LogP contribution >= 0.6 is 0 Å². The molecule has 2 aromatic rings. The maximum absolute atomic E-state index is 10.7. The Balaban J connectivity index is -0.000000270. The molecule has 0 radical (unpaired) electrons. The van der Waals surface area contributed by atoms with Gasteiger partial charge in [-0.1, -0.05) is 36.1 Å². The van der Waals surface area contributed by atoms with Crippen molar-refractivity contribution in [1.29, 1.82) is 0 Å². The zero-order chi connectivity index (χ0) is 13.4. The molecule has 0 aromatic heterocycles. The van der Waals surface area contributed by atoms with E-state index >= 15 is 0 Å². The van der Waals surface area contributed by atoms with Gasteiger partial charge in [-0.3, -0.25) is 0 Å². The summed E-state index contributed by atoms with van der Waals surface area (Å²) in [6, 6.07) is 13.4.